The maximum absolute atomic E-state index is 5.64. The molecule has 0 spiro atoms. The summed E-state index contributed by atoms with van der Waals surface area (Å²) in [7, 11) is 3.76. The summed E-state index contributed by atoms with van der Waals surface area (Å²) in [6.07, 6.45) is 0. The molecule has 0 fully saturated rings. The Labute approximate surface area is 131 Å². The lowest BCUT2D eigenvalue weighted by molar-refractivity contribution is 0.400. The van der Waals surface area contributed by atoms with Gasteiger partial charge in [-0.25, -0.2) is 0 Å². The number of aryl methyl sites for hydroxylation is 1. The van der Waals surface area contributed by atoms with Crippen molar-refractivity contribution in [2.24, 2.45) is 0 Å². The highest BCUT2D eigenvalue weighted by Gasteiger charge is 2.17. The zero-order valence-corrected chi connectivity index (χ0v) is 14.0. The molecule has 0 aliphatic heterocycles. The van der Waals surface area contributed by atoms with Crippen molar-refractivity contribution in [1.82, 2.24) is 5.32 Å². The SMILES string of the molecule is CNC(CSc1ccccc1)c1ccc(C)c(C)c1OC. The van der Waals surface area contributed by atoms with E-state index in [1.165, 1.54) is 21.6 Å². The first kappa shape index (κ1) is 15.9. The fraction of sp³-hybridized carbons (Fsp3) is 0.333. The fourth-order valence-electron chi connectivity index (χ4n) is 2.38. The van der Waals surface area contributed by atoms with Crippen LogP contribution in [0.3, 0.4) is 0 Å². The summed E-state index contributed by atoms with van der Waals surface area (Å²) in [6.45, 7) is 4.24. The molecule has 112 valence electrons. The highest BCUT2D eigenvalue weighted by atomic mass is 32.2. The van der Waals surface area contributed by atoms with Gasteiger partial charge in [-0.1, -0.05) is 30.3 Å². The normalized spacial score (nSPS) is 12.2. The summed E-state index contributed by atoms with van der Waals surface area (Å²) in [5.41, 5.74) is 3.72. The van der Waals surface area contributed by atoms with Crippen molar-refractivity contribution < 1.29 is 4.74 Å². The molecule has 2 aromatic rings. The summed E-state index contributed by atoms with van der Waals surface area (Å²) < 4.78 is 5.64. The molecule has 3 heteroatoms. The van der Waals surface area contributed by atoms with E-state index in [4.69, 9.17) is 4.74 Å². The zero-order valence-electron chi connectivity index (χ0n) is 13.1. The summed E-state index contributed by atoms with van der Waals surface area (Å²) in [6, 6.07) is 15.1. The van der Waals surface area contributed by atoms with Gasteiger partial charge in [0, 0.05) is 22.3 Å². The maximum Gasteiger partial charge on any atom is 0.126 e. The van der Waals surface area contributed by atoms with Crippen molar-refractivity contribution >= 4 is 11.8 Å². The van der Waals surface area contributed by atoms with Crippen molar-refractivity contribution in [1.29, 1.82) is 0 Å². The van der Waals surface area contributed by atoms with Crippen LogP contribution in [0.25, 0.3) is 0 Å². The van der Waals surface area contributed by atoms with E-state index in [9.17, 15) is 0 Å². The third-order valence-corrected chi connectivity index (χ3v) is 4.90. The lowest BCUT2D eigenvalue weighted by atomic mass is 10.00. The summed E-state index contributed by atoms with van der Waals surface area (Å²) >= 11 is 1.86. The Morgan fingerprint density at radius 1 is 1.10 bits per heavy atom. The van der Waals surface area contributed by atoms with Crippen molar-refractivity contribution in [3.05, 3.63) is 59.2 Å². The quantitative estimate of drug-likeness (QED) is 0.801. The van der Waals surface area contributed by atoms with Gasteiger partial charge in [-0.15, -0.1) is 11.8 Å². The van der Waals surface area contributed by atoms with E-state index in [1.807, 2.05) is 24.9 Å². The molecule has 0 heterocycles. The van der Waals surface area contributed by atoms with Gasteiger partial charge in [-0.05, 0) is 44.2 Å². The molecule has 0 aliphatic rings. The molecule has 0 radical (unpaired) electrons. The lowest BCUT2D eigenvalue weighted by Gasteiger charge is -2.21. The predicted molar refractivity (Wildman–Crippen MR) is 91.4 cm³/mol. The van der Waals surface area contributed by atoms with Gasteiger partial charge in [0.25, 0.3) is 0 Å². The molecule has 2 aromatic carbocycles. The van der Waals surface area contributed by atoms with E-state index in [-0.39, 0.29) is 6.04 Å². The van der Waals surface area contributed by atoms with Crippen LogP contribution in [-0.4, -0.2) is 19.9 Å². The molecule has 2 rings (SSSR count). The molecule has 0 saturated carbocycles. The number of hydrogen-bond acceptors (Lipinski definition) is 3. The molecule has 2 nitrogen and oxygen atoms in total. The molecule has 0 aliphatic carbocycles. The minimum absolute atomic E-state index is 0.268. The molecule has 1 atom stereocenters. The Bertz CT molecular complexity index is 583. The number of ether oxygens (including phenoxy) is 1. The monoisotopic (exact) mass is 301 g/mol. The Hall–Kier alpha value is -1.45. The minimum Gasteiger partial charge on any atom is -0.496 e. The van der Waals surface area contributed by atoms with Crippen molar-refractivity contribution in [3.8, 4) is 5.75 Å². The van der Waals surface area contributed by atoms with Gasteiger partial charge in [-0.3, -0.25) is 0 Å². The van der Waals surface area contributed by atoms with E-state index in [1.54, 1.807) is 7.11 Å². The number of hydrogen-bond donors (Lipinski definition) is 1. The second-order valence-electron chi connectivity index (χ2n) is 5.10. The van der Waals surface area contributed by atoms with Gasteiger partial charge in [0.05, 0.1) is 7.11 Å². The average Bonchev–Trinajstić information content (AvgIpc) is 2.52. The van der Waals surface area contributed by atoms with E-state index in [2.05, 4.69) is 55.6 Å². The largest absolute Gasteiger partial charge is 0.496 e. The zero-order chi connectivity index (χ0) is 15.2. The van der Waals surface area contributed by atoms with E-state index >= 15 is 0 Å². The first-order valence-electron chi connectivity index (χ1n) is 7.16. The van der Waals surface area contributed by atoms with Crippen molar-refractivity contribution in [2.75, 3.05) is 19.9 Å². The van der Waals surface area contributed by atoms with Crippen LogP contribution in [-0.2, 0) is 0 Å². The summed E-state index contributed by atoms with van der Waals surface area (Å²) in [5, 5.41) is 3.41. The smallest absolute Gasteiger partial charge is 0.126 e. The molecular formula is C18H23NOS. The predicted octanol–water partition coefficient (Wildman–Crippen LogP) is 4.36. The molecular weight excluding hydrogens is 278 g/mol. The van der Waals surface area contributed by atoms with Crippen LogP contribution in [0.4, 0.5) is 0 Å². The number of rotatable bonds is 6. The number of benzene rings is 2. The third-order valence-electron chi connectivity index (χ3n) is 3.80. The van der Waals surface area contributed by atoms with Crippen LogP contribution in [0.5, 0.6) is 5.75 Å². The molecule has 0 saturated heterocycles. The summed E-state index contributed by atoms with van der Waals surface area (Å²) in [4.78, 5) is 1.29. The van der Waals surface area contributed by atoms with Crippen LogP contribution >= 0.6 is 11.8 Å². The highest BCUT2D eigenvalue weighted by molar-refractivity contribution is 7.99. The summed E-state index contributed by atoms with van der Waals surface area (Å²) in [5.74, 6) is 1.97. The Morgan fingerprint density at radius 3 is 2.43 bits per heavy atom. The van der Waals surface area contributed by atoms with Crippen molar-refractivity contribution in [2.45, 2.75) is 24.8 Å². The van der Waals surface area contributed by atoms with E-state index < -0.39 is 0 Å². The second kappa shape index (κ2) is 7.53. The Morgan fingerprint density at radius 2 is 1.81 bits per heavy atom. The van der Waals surface area contributed by atoms with Gasteiger partial charge < -0.3 is 10.1 Å². The topological polar surface area (TPSA) is 21.3 Å². The van der Waals surface area contributed by atoms with Crippen LogP contribution < -0.4 is 10.1 Å². The second-order valence-corrected chi connectivity index (χ2v) is 6.19. The first-order chi connectivity index (χ1) is 10.2. The average molecular weight is 301 g/mol. The molecule has 1 unspecified atom stereocenters. The number of nitrogens with one attached hydrogen (secondary N) is 1. The van der Waals surface area contributed by atoms with Crippen LogP contribution in [0.15, 0.2) is 47.4 Å². The van der Waals surface area contributed by atoms with Crippen LogP contribution in [0, 0.1) is 13.8 Å². The van der Waals surface area contributed by atoms with Gasteiger partial charge >= 0.3 is 0 Å². The van der Waals surface area contributed by atoms with E-state index in [0.717, 1.165) is 11.5 Å². The fourth-order valence-corrected chi connectivity index (χ4v) is 3.44. The van der Waals surface area contributed by atoms with Gasteiger partial charge in [-0.2, -0.15) is 0 Å². The number of methoxy groups -OCH3 is 1. The van der Waals surface area contributed by atoms with Crippen molar-refractivity contribution in [3.63, 3.8) is 0 Å². The molecule has 0 amide bonds. The minimum atomic E-state index is 0.268. The molecule has 1 N–H and O–H groups in total. The Balaban J connectivity index is 2.19. The molecule has 21 heavy (non-hydrogen) atoms. The third kappa shape index (κ3) is 3.80. The number of thioether (sulfide) groups is 1. The molecule has 0 bridgehead atoms. The van der Waals surface area contributed by atoms with Gasteiger partial charge in [0.2, 0.25) is 0 Å². The van der Waals surface area contributed by atoms with Crippen LogP contribution in [0.1, 0.15) is 22.7 Å². The van der Waals surface area contributed by atoms with Gasteiger partial charge in [0.1, 0.15) is 5.75 Å². The highest BCUT2D eigenvalue weighted by Crippen LogP contribution is 2.33. The van der Waals surface area contributed by atoms with E-state index in [0.29, 0.717) is 0 Å². The first-order valence-corrected chi connectivity index (χ1v) is 8.15. The Kier molecular flexibility index (Phi) is 5.71. The molecule has 0 aromatic heterocycles. The maximum atomic E-state index is 5.64. The van der Waals surface area contributed by atoms with Crippen LogP contribution in [0.2, 0.25) is 0 Å². The standard InChI is InChI=1S/C18H23NOS/c1-13-10-11-16(18(20-4)14(13)2)17(19-3)12-21-15-8-6-5-7-9-15/h5-11,17,19H,12H2,1-4H3. The van der Waals surface area contributed by atoms with Gasteiger partial charge in [0.15, 0.2) is 0 Å². The lowest BCUT2D eigenvalue weighted by Crippen LogP contribution is -2.20.